The lowest BCUT2D eigenvalue weighted by molar-refractivity contribution is -0.128. The molecular weight excluding hydrogens is 224 g/mol. The van der Waals surface area contributed by atoms with Gasteiger partial charge in [0.25, 0.3) is 0 Å². The fourth-order valence-electron chi connectivity index (χ4n) is 2.39. The molecule has 0 spiro atoms. The molecule has 1 aromatic rings. The smallest absolute Gasteiger partial charge is 0.223 e. The second-order valence-corrected chi connectivity index (χ2v) is 5.48. The molecule has 1 amide bonds. The number of nitrogens with two attached hydrogens (primary N) is 1. The Hall–Kier alpha value is -1.35. The topological polar surface area (TPSA) is 46.3 Å². The normalized spacial score (nSPS) is 19.9. The van der Waals surface area contributed by atoms with Gasteiger partial charge in [0.2, 0.25) is 5.91 Å². The van der Waals surface area contributed by atoms with Crippen molar-refractivity contribution >= 4 is 5.91 Å². The maximum Gasteiger partial charge on any atom is 0.223 e. The first-order valence-corrected chi connectivity index (χ1v) is 6.67. The van der Waals surface area contributed by atoms with Crippen LogP contribution in [0, 0.1) is 5.92 Å². The number of rotatable bonds is 4. The van der Waals surface area contributed by atoms with Crippen LogP contribution in [0.3, 0.4) is 0 Å². The lowest BCUT2D eigenvalue weighted by Gasteiger charge is -2.17. The standard InChI is InChI=1S/C15H22N2O/c1-11(2)14-5-3-12(4-6-14)9-17-10-13(8-16)7-15(17)18/h3-6,11,13H,7-10,16H2,1-2H3. The maximum atomic E-state index is 11.8. The van der Waals surface area contributed by atoms with E-state index in [1.54, 1.807) is 0 Å². The third-order valence-electron chi connectivity index (χ3n) is 3.65. The van der Waals surface area contributed by atoms with Crippen LogP contribution in [0.5, 0.6) is 0 Å². The zero-order valence-corrected chi connectivity index (χ0v) is 11.2. The van der Waals surface area contributed by atoms with Gasteiger partial charge in [-0.1, -0.05) is 38.1 Å². The highest BCUT2D eigenvalue weighted by atomic mass is 16.2. The highest BCUT2D eigenvalue weighted by Gasteiger charge is 2.28. The van der Waals surface area contributed by atoms with Gasteiger partial charge < -0.3 is 10.6 Å². The lowest BCUT2D eigenvalue weighted by atomic mass is 10.0. The molecule has 2 N–H and O–H groups in total. The van der Waals surface area contributed by atoms with Crippen LogP contribution in [0.1, 0.15) is 37.3 Å². The zero-order chi connectivity index (χ0) is 13.1. The SMILES string of the molecule is CC(C)c1ccc(CN2CC(CN)CC2=O)cc1. The molecule has 1 aliphatic rings. The molecule has 18 heavy (non-hydrogen) atoms. The van der Waals surface area contributed by atoms with Crippen molar-refractivity contribution in [3.63, 3.8) is 0 Å². The van der Waals surface area contributed by atoms with Gasteiger partial charge in [-0.15, -0.1) is 0 Å². The van der Waals surface area contributed by atoms with Crippen LogP contribution in [-0.4, -0.2) is 23.9 Å². The van der Waals surface area contributed by atoms with Gasteiger partial charge >= 0.3 is 0 Å². The fraction of sp³-hybridized carbons (Fsp3) is 0.533. The second-order valence-electron chi connectivity index (χ2n) is 5.48. The summed E-state index contributed by atoms with van der Waals surface area (Å²) in [6.45, 7) is 6.50. The minimum atomic E-state index is 0.235. The molecule has 0 aliphatic carbocycles. The van der Waals surface area contributed by atoms with E-state index in [4.69, 9.17) is 5.73 Å². The maximum absolute atomic E-state index is 11.8. The van der Waals surface area contributed by atoms with Gasteiger partial charge in [-0.25, -0.2) is 0 Å². The highest BCUT2D eigenvalue weighted by molar-refractivity contribution is 5.78. The van der Waals surface area contributed by atoms with Crippen molar-refractivity contribution in [3.05, 3.63) is 35.4 Å². The number of hydrogen-bond acceptors (Lipinski definition) is 2. The second kappa shape index (κ2) is 5.53. The Morgan fingerprint density at radius 1 is 1.33 bits per heavy atom. The minimum Gasteiger partial charge on any atom is -0.338 e. The molecule has 3 heteroatoms. The summed E-state index contributed by atoms with van der Waals surface area (Å²) in [6.07, 6.45) is 0.612. The summed E-state index contributed by atoms with van der Waals surface area (Å²) in [7, 11) is 0. The number of benzene rings is 1. The third kappa shape index (κ3) is 2.91. The molecule has 3 nitrogen and oxygen atoms in total. The molecular formula is C15H22N2O. The van der Waals surface area contributed by atoms with Gasteiger partial charge in [0.15, 0.2) is 0 Å². The van der Waals surface area contributed by atoms with E-state index in [2.05, 4.69) is 38.1 Å². The molecule has 1 unspecified atom stereocenters. The highest BCUT2D eigenvalue weighted by Crippen LogP contribution is 2.20. The van der Waals surface area contributed by atoms with Crippen LogP contribution in [0.25, 0.3) is 0 Å². The van der Waals surface area contributed by atoms with Gasteiger partial charge in [-0.2, -0.15) is 0 Å². The van der Waals surface area contributed by atoms with Crippen LogP contribution in [-0.2, 0) is 11.3 Å². The van der Waals surface area contributed by atoms with Crippen molar-refractivity contribution in [2.24, 2.45) is 11.7 Å². The molecule has 1 atom stereocenters. The molecule has 1 aliphatic heterocycles. The Morgan fingerprint density at radius 2 is 2.00 bits per heavy atom. The molecule has 1 aromatic carbocycles. The predicted molar refractivity (Wildman–Crippen MR) is 73.1 cm³/mol. The van der Waals surface area contributed by atoms with Crippen LogP contribution in [0.4, 0.5) is 0 Å². The van der Waals surface area contributed by atoms with E-state index < -0.39 is 0 Å². The largest absolute Gasteiger partial charge is 0.338 e. The van der Waals surface area contributed by atoms with E-state index in [1.807, 2.05) is 4.90 Å². The van der Waals surface area contributed by atoms with Crippen LogP contribution >= 0.6 is 0 Å². The Morgan fingerprint density at radius 3 is 2.50 bits per heavy atom. The molecule has 0 saturated carbocycles. The third-order valence-corrected chi connectivity index (χ3v) is 3.65. The first kappa shape index (κ1) is 13.1. The van der Waals surface area contributed by atoms with Crippen molar-refractivity contribution in [1.82, 2.24) is 4.90 Å². The minimum absolute atomic E-state index is 0.235. The first-order valence-electron chi connectivity index (χ1n) is 6.67. The first-order chi connectivity index (χ1) is 8.60. The van der Waals surface area contributed by atoms with E-state index in [0.717, 1.165) is 6.54 Å². The monoisotopic (exact) mass is 246 g/mol. The summed E-state index contributed by atoms with van der Waals surface area (Å²) in [4.78, 5) is 13.7. The van der Waals surface area contributed by atoms with Crippen LogP contribution < -0.4 is 5.73 Å². The summed E-state index contributed by atoms with van der Waals surface area (Å²) in [6, 6.07) is 8.55. The zero-order valence-electron chi connectivity index (χ0n) is 11.2. The molecule has 0 aromatic heterocycles. The molecule has 1 saturated heterocycles. The van der Waals surface area contributed by atoms with E-state index in [-0.39, 0.29) is 5.91 Å². The molecule has 98 valence electrons. The van der Waals surface area contributed by atoms with Crippen molar-refractivity contribution in [1.29, 1.82) is 0 Å². The summed E-state index contributed by atoms with van der Waals surface area (Å²) < 4.78 is 0. The van der Waals surface area contributed by atoms with Crippen molar-refractivity contribution in [3.8, 4) is 0 Å². The average Bonchev–Trinajstić information content (AvgIpc) is 2.71. The molecule has 1 heterocycles. The van der Waals surface area contributed by atoms with Crippen molar-refractivity contribution in [2.45, 2.75) is 32.7 Å². The number of hydrogen-bond donors (Lipinski definition) is 1. The Balaban J connectivity index is 1.99. The van der Waals surface area contributed by atoms with Crippen LogP contribution in [0.15, 0.2) is 24.3 Å². The lowest BCUT2D eigenvalue weighted by Crippen LogP contribution is -2.25. The number of nitrogens with zero attached hydrogens (tertiary/aromatic N) is 1. The quantitative estimate of drug-likeness (QED) is 0.884. The Kier molecular flexibility index (Phi) is 4.02. The predicted octanol–water partition coefficient (Wildman–Crippen LogP) is 2.12. The molecule has 0 radical (unpaired) electrons. The van der Waals surface area contributed by atoms with E-state index >= 15 is 0 Å². The van der Waals surface area contributed by atoms with Gasteiger partial charge in [0, 0.05) is 19.5 Å². The van der Waals surface area contributed by atoms with E-state index in [1.165, 1.54) is 11.1 Å². The van der Waals surface area contributed by atoms with E-state index in [9.17, 15) is 4.79 Å². The molecule has 0 bridgehead atoms. The number of carbonyl (C=O) groups excluding carboxylic acids is 1. The van der Waals surface area contributed by atoms with Gasteiger partial charge in [-0.3, -0.25) is 4.79 Å². The summed E-state index contributed by atoms with van der Waals surface area (Å²) in [5, 5.41) is 0. The van der Waals surface area contributed by atoms with Gasteiger partial charge in [-0.05, 0) is 29.5 Å². The van der Waals surface area contributed by atoms with Crippen LogP contribution in [0.2, 0.25) is 0 Å². The Labute approximate surface area is 109 Å². The van der Waals surface area contributed by atoms with Crippen molar-refractivity contribution < 1.29 is 4.79 Å². The van der Waals surface area contributed by atoms with E-state index in [0.29, 0.717) is 31.3 Å². The van der Waals surface area contributed by atoms with Gasteiger partial charge in [0.05, 0.1) is 0 Å². The summed E-state index contributed by atoms with van der Waals surface area (Å²) in [5.74, 6) is 1.12. The number of carbonyl (C=O) groups is 1. The van der Waals surface area contributed by atoms with Crippen molar-refractivity contribution in [2.75, 3.05) is 13.1 Å². The summed E-state index contributed by atoms with van der Waals surface area (Å²) >= 11 is 0. The Bertz CT molecular complexity index is 411. The number of amides is 1. The summed E-state index contributed by atoms with van der Waals surface area (Å²) in [5.41, 5.74) is 8.16. The molecule has 2 rings (SSSR count). The average molecular weight is 246 g/mol. The molecule has 1 fully saturated rings. The fourth-order valence-corrected chi connectivity index (χ4v) is 2.39. The van der Waals surface area contributed by atoms with Gasteiger partial charge in [0.1, 0.15) is 0 Å². The number of likely N-dealkylation sites (tertiary alicyclic amines) is 1.